The van der Waals surface area contributed by atoms with Gasteiger partial charge >= 0.3 is 0 Å². The molecule has 0 radical (unpaired) electrons. The minimum atomic E-state index is -0.231. The summed E-state index contributed by atoms with van der Waals surface area (Å²) in [5, 5.41) is 9.15. The lowest BCUT2D eigenvalue weighted by Crippen LogP contribution is -2.04. The van der Waals surface area contributed by atoms with E-state index in [1.165, 1.54) is 12.1 Å². The number of halogens is 1. The highest BCUT2D eigenvalue weighted by Crippen LogP contribution is 2.22. The van der Waals surface area contributed by atoms with Crippen LogP contribution in [0.15, 0.2) is 53.7 Å². The van der Waals surface area contributed by atoms with Gasteiger partial charge in [0.25, 0.3) is 0 Å². The van der Waals surface area contributed by atoms with Gasteiger partial charge in [0.1, 0.15) is 23.9 Å². The van der Waals surface area contributed by atoms with E-state index in [0.717, 1.165) is 28.0 Å². The van der Waals surface area contributed by atoms with Crippen molar-refractivity contribution in [3.63, 3.8) is 0 Å². The summed E-state index contributed by atoms with van der Waals surface area (Å²) < 4.78 is 25.7. The molecule has 1 aromatic heterocycles. The van der Waals surface area contributed by atoms with Crippen molar-refractivity contribution in [2.24, 2.45) is 7.05 Å². The van der Waals surface area contributed by atoms with Crippen LogP contribution in [-0.2, 0) is 19.4 Å². The highest BCUT2D eigenvalue weighted by atomic mass is 32.2. The smallest absolute Gasteiger partial charge is 0.191 e. The molecule has 0 aliphatic carbocycles. The van der Waals surface area contributed by atoms with E-state index in [9.17, 15) is 4.39 Å². The van der Waals surface area contributed by atoms with E-state index in [1.807, 2.05) is 35.9 Å². The molecule has 0 saturated carbocycles. The van der Waals surface area contributed by atoms with Crippen LogP contribution >= 0.6 is 11.8 Å². The molecule has 0 unspecified atom stereocenters. The number of hydrogen-bond acceptors (Lipinski definition) is 5. The van der Waals surface area contributed by atoms with Crippen molar-refractivity contribution in [2.45, 2.75) is 17.5 Å². The van der Waals surface area contributed by atoms with Crippen molar-refractivity contribution in [2.75, 3.05) is 7.11 Å². The Bertz CT molecular complexity index is 819. The molecular weight excluding hydrogens is 341 g/mol. The quantitative estimate of drug-likeness (QED) is 0.600. The highest BCUT2D eigenvalue weighted by Gasteiger charge is 2.10. The average Bonchev–Trinajstić information content (AvgIpc) is 3.00. The van der Waals surface area contributed by atoms with E-state index in [4.69, 9.17) is 9.47 Å². The maximum absolute atomic E-state index is 12.9. The van der Waals surface area contributed by atoms with Gasteiger partial charge in [0.2, 0.25) is 0 Å². The third kappa shape index (κ3) is 4.51. The van der Waals surface area contributed by atoms with Gasteiger partial charge in [0, 0.05) is 12.8 Å². The minimum Gasteiger partial charge on any atom is -0.497 e. The van der Waals surface area contributed by atoms with Gasteiger partial charge in [-0.3, -0.25) is 0 Å². The van der Waals surface area contributed by atoms with Crippen LogP contribution < -0.4 is 9.47 Å². The largest absolute Gasteiger partial charge is 0.497 e. The number of ether oxygens (including phenoxy) is 2. The molecule has 0 saturated heterocycles. The lowest BCUT2D eigenvalue weighted by atomic mass is 10.2. The number of benzene rings is 2. The summed E-state index contributed by atoms with van der Waals surface area (Å²) >= 11 is 1.55. The van der Waals surface area contributed by atoms with E-state index in [-0.39, 0.29) is 5.82 Å². The van der Waals surface area contributed by atoms with Crippen LogP contribution in [-0.4, -0.2) is 21.9 Å². The molecule has 1 heterocycles. The summed E-state index contributed by atoms with van der Waals surface area (Å²) in [7, 11) is 3.53. The Hall–Kier alpha value is -2.54. The van der Waals surface area contributed by atoms with Gasteiger partial charge in [-0.2, -0.15) is 0 Å². The topological polar surface area (TPSA) is 49.2 Å². The number of rotatable bonds is 7. The fourth-order valence-electron chi connectivity index (χ4n) is 2.14. The van der Waals surface area contributed by atoms with E-state index in [1.54, 1.807) is 31.0 Å². The second-order valence-electron chi connectivity index (χ2n) is 5.34. The van der Waals surface area contributed by atoms with Gasteiger partial charge in [-0.25, -0.2) is 4.39 Å². The van der Waals surface area contributed by atoms with Crippen LogP contribution in [0.3, 0.4) is 0 Å². The number of hydrogen-bond donors (Lipinski definition) is 0. The molecule has 0 atom stereocenters. The molecule has 3 aromatic rings. The first-order valence-corrected chi connectivity index (χ1v) is 8.66. The number of thioether (sulfide) groups is 1. The lowest BCUT2D eigenvalue weighted by molar-refractivity contribution is 0.290. The molecule has 2 aromatic carbocycles. The maximum Gasteiger partial charge on any atom is 0.191 e. The first-order valence-electron chi connectivity index (χ1n) is 7.68. The third-order valence-corrected chi connectivity index (χ3v) is 4.73. The SMILES string of the molecule is COc1ccc(OCc2nnc(SCc3ccc(F)cc3)n2C)cc1. The summed E-state index contributed by atoms with van der Waals surface area (Å²) in [6, 6.07) is 13.8. The van der Waals surface area contributed by atoms with Crippen molar-refractivity contribution >= 4 is 11.8 Å². The van der Waals surface area contributed by atoms with Gasteiger partial charge in [0.15, 0.2) is 11.0 Å². The highest BCUT2D eigenvalue weighted by molar-refractivity contribution is 7.98. The van der Waals surface area contributed by atoms with E-state index in [2.05, 4.69) is 10.2 Å². The second kappa shape index (κ2) is 8.02. The summed E-state index contributed by atoms with van der Waals surface area (Å²) in [5.74, 6) is 2.73. The van der Waals surface area contributed by atoms with Crippen LogP contribution in [0.5, 0.6) is 11.5 Å². The van der Waals surface area contributed by atoms with Crippen LogP contribution in [0.2, 0.25) is 0 Å². The number of aromatic nitrogens is 3. The summed E-state index contributed by atoms with van der Waals surface area (Å²) in [5.41, 5.74) is 1.03. The lowest BCUT2D eigenvalue weighted by Gasteiger charge is -2.07. The van der Waals surface area contributed by atoms with Gasteiger partial charge in [-0.05, 0) is 42.0 Å². The normalized spacial score (nSPS) is 10.7. The summed E-state index contributed by atoms with van der Waals surface area (Å²) in [6.45, 7) is 0.326. The predicted octanol–water partition coefficient (Wildman–Crippen LogP) is 3.83. The summed E-state index contributed by atoms with van der Waals surface area (Å²) in [4.78, 5) is 0. The average molecular weight is 359 g/mol. The molecule has 7 heteroatoms. The Labute approximate surface area is 149 Å². The molecule has 0 amide bonds. The molecular formula is C18H18FN3O2S. The molecule has 0 aliphatic heterocycles. The zero-order valence-corrected chi connectivity index (χ0v) is 14.8. The molecule has 0 N–H and O–H groups in total. The number of methoxy groups -OCH3 is 1. The molecule has 5 nitrogen and oxygen atoms in total. The monoisotopic (exact) mass is 359 g/mol. The summed E-state index contributed by atoms with van der Waals surface area (Å²) in [6.07, 6.45) is 0. The fraction of sp³-hybridized carbons (Fsp3) is 0.222. The molecule has 0 bridgehead atoms. The Morgan fingerprint density at radius 2 is 1.68 bits per heavy atom. The first kappa shape index (κ1) is 17.3. The van der Waals surface area contributed by atoms with Crippen molar-refractivity contribution < 1.29 is 13.9 Å². The molecule has 130 valence electrons. The molecule has 3 rings (SSSR count). The molecule has 0 fully saturated rings. The van der Waals surface area contributed by atoms with Crippen molar-refractivity contribution in [1.82, 2.24) is 14.8 Å². The van der Waals surface area contributed by atoms with Gasteiger partial charge < -0.3 is 14.0 Å². The van der Waals surface area contributed by atoms with Crippen molar-refractivity contribution in [3.05, 3.63) is 65.7 Å². The van der Waals surface area contributed by atoms with Crippen LogP contribution in [0.25, 0.3) is 0 Å². The van der Waals surface area contributed by atoms with Crippen LogP contribution in [0.4, 0.5) is 4.39 Å². The van der Waals surface area contributed by atoms with E-state index in [0.29, 0.717) is 12.4 Å². The molecule has 0 aliphatic rings. The number of nitrogens with zero attached hydrogens (tertiary/aromatic N) is 3. The Morgan fingerprint density at radius 3 is 2.36 bits per heavy atom. The fourth-order valence-corrected chi connectivity index (χ4v) is 3.03. The van der Waals surface area contributed by atoms with Crippen molar-refractivity contribution in [3.8, 4) is 11.5 Å². The van der Waals surface area contributed by atoms with E-state index < -0.39 is 0 Å². The first-order chi connectivity index (χ1) is 12.2. The molecule has 0 spiro atoms. The van der Waals surface area contributed by atoms with Gasteiger partial charge in [-0.15, -0.1) is 10.2 Å². The van der Waals surface area contributed by atoms with Gasteiger partial charge in [0.05, 0.1) is 7.11 Å². The van der Waals surface area contributed by atoms with Crippen LogP contribution in [0, 0.1) is 5.82 Å². The predicted molar refractivity (Wildman–Crippen MR) is 94.3 cm³/mol. The van der Waals surface area contributed by atoms with E-state index >= 15 is 0 Å². The zero-order chi connectivity index (χ0) is 17.6. The standard InChI is InChI=1S/C18H18FN3O2S/c1-22-17(11-24-16-9-7-15(23-2)8-10-16)20-21-18(22)25-12-13-3-5-14(19)6-4-13/h3-10H,11-12H2,1-2H3. The minimum absolute atomic E-state index is 0.231. The van der Waals surface area contributed by atoms with Crippen molar-refractivity contribution in [1.29, 1.82) is 0 Å². The third-order valence-electron chi connectivity index (χ3n) is 3.63. The zero-order valence-electron chi connectivity index (χ0n) is 14.0. The maximum atomic E-state index is 12.9. The second-order valence-corrected chi connectivity index (χ2v) is 6.28. The Morgan fingerprint density at radius 1 is 1.00 bits per heavy atom. The van der Waals surface area contributed by atoms with Crippen LogP contribution in [0.1, 0.15) is 11.4 Å². The molecule has 25 heavy (non-hydrogen) atoms. The van der Waals surface area contributed by atoms with Gasteiger partial charge in [-0.1, -0.05) is 23.9 Å². The Balaban J connectivity index is 1.57. The Kier molecular flexibility index (Phi) is 5.55.